The number of nitrogens with zero attached hydrogens (tertiary/aromatic N) is 1. The van der Waals surface area contributed by atoms with Crippen LogP contribution in [-0.4, -0.2) is 42.9 Å². The van der Waals surface area contributed by atoms with Gasteiger partial charge in [-0.25, -0.2) is 0 Å². The molecule has 1 aliphatic rings. The van der Waals surface area contributed by atoms with Crippen LogP contribution in [-0.2, 0) is 16.8 Å². The Morgan fingerprint density at radius 3 is 2.36 bits per heavy atom. The number of aliphatic hydroxyl groups is 1. The number of hydrogen-bond acceptors (Lipinski definition) is 3. The first kappa shape index (κ1) is 18.4. The van der Waals surface area contributed by atoms with Gasteiger partial charge in [-0.15, -0.1) is 0 Å². The van der Waals surface area contributed by atoms with E-state index in [1.54, 1.807) is 0 Å². The van der Waals surface area contributed by atoms with E-state index in [2.05, 4.69) is 24.0 Å². The quantitative estimate of drug-likeness (QED) is 0.852. The molecule has 1 heterocycles. The lowest BCUT2D eigenvalue weighted by Crippen LogP contribution is -2.46. The van der Waals surface area contributed by atoms with Crippen molar-refractivity contribution in [1.29, 1.82) is 0 Å². The third kappa shape index (κ3) is 4.62. The molecule has 0 amide bonds. The van der Waals surface area contributed by atoms with Crippen molar-refractivity contribution in [1.82, 2.24) is 4.90 Å². The Hall–Kier alpha value is -1.39. The average molecular weight is 360 g/mol. The second kappa shape index (κ2) is 8.33. The predicted molar refractivity (Wildman–Crippen MR) is 102 cm³/mol. The fraction of sp³-hybridized carbons (Fsp3) is 0.429. The van der Waals surface area contributed by atoms with Crippen molar-refractivity contribution < 1.29 is 9.84 Å². The van der Waals surface area contributed by atoms with Crippen LogP contribution in [0.2, 0.25) is 5.02 Å². The Labute approximate surface area is 155 Å². The molecule has 1 aliphatic heterocycles. The van der Waals surface area contributed by atoms with Crippen LogP contribution in [0.25, 0.3) is 0 Å². The topological polar surface area (TPSA) is 32.7 Å². The molecule has 0 unspecified atom stereocenters. The van der Waals surface area contributed by atoms with E-state index in [0.717, 1.165) is 44.0 Å². The van der Waals surface area contributed by atoms with Crippen LogP contribution in [0.15, 0.2) is 54.6 Å². The molecule has 0 aromatic heterocycles. The normalized spacial score (nSPS) is 19.3. The van der Waals surface area contributed by atoms with E-state index >= 15 is 0 Å². The highest BCUT2D eigenvalue weighted by atomic mass is 35.5. The van der Waals surface area contributed by atoms with Crippen LogP contribution in [0.5, 0.6) is 0 Å². The second-order valence-corrected chi connectivity index (χ2v) is 7.34. The van der Waals surface area contributed by atoms with Crippen molar-refractivity contribution in [2.24, 2.45) is 5.92 Å². The Bertz CT molecular complexity index is 655. The Kier molecular flexibility index (Phi) is 6.13. The van der Waals surface area contributed by atoms with Gasteiger partial charge in [0.05, 0.1) is 18.8 Å². The van der Waals surface area contributed by atoms with Crippen LogP contribution < -0.4 is 0 Å². The molecule has 0 radical (unpaired) electrons. The molecule has 2 aromatic carbocycles. The number of rotatable bonds is 6. The predicted octanol–water partition coefficient (Wildman–Crippen LogP) is 3.74. The molecular formula is C21H26ClNO2. The van der Waals surface area contributed by atoms with Gasteiger partial charge in [0, 0.05) is 37.0 Å². The van der Waals surface area contributed by atoms with E-state index in [1.165, 1.54) is 0 Å². The van der Waals surface area contributed by atoms with Crippen molar-refractivity contribution in [2.45, 2.75) is 18.9 Å². The zero-order valence-electron chi connectivity index (χ0n) is 14.7. The lowest BCUT2D eigenvalue weighted by Gasteiger charge is -2.39. The summed E-state index contributed by atoms with van der Waals surface area (Å²) in [6.07, 6.45) is 0.584. The maximum Gasteiger partial charge on any atom is 0.0974 e. The molecule has 25 heavy (non-hydrogen) atoms. The van der Waals surface area contributed by atoms with Gasteiger partial charge in [-0.3, -0.25) is 4.90 Å². The van der Waals surface area contributed by atoms with Crippen molar-refractivity contribution in [2.75, 3.05) is 32.8 Å². The van der Waals surface area contributed by atoms with Crippen LogP contribution in [0.4, 0.5) is 0 Å². The molecule has 1 N–H and O–H groups in total. The van der Waals surface area contributed by atoms with E-state index in [4.69, 9.17) is 16.3 Å². The summed E-state index contributed by atoms with van der Waals surface area (Å²) in [7, 11) is 0. The largest absolute Gasteiger partial charge is 0.384 e. The van der Waals surface area contributed by atoms with E-state index in [1.807, 2.05) is 42.5 Å². The molecule has 0 saturated carbocycles. The highest BCUT2D eigenvalue weighted by molar-refractivity contribution is 6.30. The third-order valence-electron chi connectivity index (χ3n) is 5.11. The summed E-state index contributed by atoms with van der Waals surface area (Å²) in [5.74, 6) is 0.0759. The number of benzene rings is 2. The smallest absolute Gasteiger partial charge is 0.0974 e. The van der Waals surface area contributed by atoms with Crippen molar-refractivity contribution in [3.05, 3.63) is 70.7 Å². The molecule has 4 heteroatoms. The standard InChI is InChI=1S/C21H26ClNO2/c1-17(16-23-11-13-25-14-12-23)21(24,15-18-5-3-2-4-6-18)19-7-9-20(22)10-8-19/h2-10,17,24H,11-16H2,1H3/t17-,21+/m1/s1. The minimum absolute atomic E-state index is 0.0759. The fourth-order valence-corrected chi connectivity index (χ4v) is 3.65. The molecule has 134 valence electrons. The van der Waals surface area contributed by atoms with Gasteiger partial charge in [0.1, 0.15) is 0 Å². The van der Waals surface area contributed by atoms with Crippen LogP contribution in [0.3, 0.4) is 0 Å². The zero-order valence-corrected chi connectivity index (χ0v) is 15.5. The molecule has 1 fully saturated rings. The number of ether oxygens (including phenoxy) is 1. The molecule has 0 aliphatic carbocycles. The van der Waals surface area contributed by atoms with Gasteiger partial charge in [0.2, 0.25) is 0 Å². The summed E-state index contributed by atoms with van der Waals surface area (Å²) >= 11 is 6.05. The summed E-state index contributed by atoms with van der Waals surface area (Å²) in [6.45, 7) is 6.36. The van der Waals surface area contributed by atoms with Gasteiger partial charge in [-0.1, -0.05) is 61.0 Å². The highest BCUT2D eigenvalue weighted by Gasteiger charge is 2.37. The molecule has 3 rings (SSSR count). The monoisotopic (exact) mass is 359 g/mol. The summed E-state index contributed by atoms with van der Waals surface area (Å²) in [5.41, 5.74) is 1.11. The summed E-state index contributed by atoms with van der Waals surface area (Å²) < 4.78 is 5.44. The van der Waals surface area contributed by atoms with Crippen molar-refractivity contribution in [3.8, 4) is 0 Å². The van der Waals surface area contributed by atoms with Crippen LogP contribution in [0, 0.1) is 5.92 Å². The van der Waals surface area contributed by atoms with Gasteiger partial charge in [-0.05, 0) is 23.3 Å². The molecule has 0 spiro atoms. The van der Waals surface area contributed by atoms with Gasteiger partial charge in [0.15, 0.2) is 0 Å². The average Bonchev–Trinajstić information content (AvgIpc) is 2.64. The van der Waals surface area contributed by atoms with Crippen molar-refractivity contribution >= 4 is 11.6 Å². The van der Waals surface area contributed by atoms with Crippen LogP contribution in [0.1, 0.15) is 18.1 Å². The van der Waals surface area contributed by atoms with Gasteiger partial charge >= 0.3 is 0 Å². The Morgan fingerprint density at radius 1 is 1.08 bits per heavy atom. The SMILES string of the molecule is C[C@H](CN1CCOCC1)[C@@](O)(Cc1ccccc1)c1ccc(Cl)cc1. The zero-order chi connectivity index (χ0) is 17.7. The molecule has 3 nitrogen and oxygen atoms in total. The minimum Gasteiger partial charge on any atom is -0.384 e. The van der Waals surface area contributed by atoms with E-state index in [0.29, 0.717) is 11.4 Å². The highest BCUT2D eigenvalue weighted by Crippen LogP contribution is 2.35. The van der Waals surface area contributed by atoms with E-state index in [9.17, 15) is 5.11 Å². The molecule has 2 aromatic rings. The van der Waals surface area contributed by atoms with Crippen molar-refractivity contribution in [3.63, 3.8) is 0 Å². The first-order valence-corrected chi connectivity index (χ1v) is 9.28. The Balaban J connectivity index is 1.85. The van der Waals surface area contributed by atoms with E-state index < -0.39 is 5.60 Å². The second-order valence-electron chi connectivity index (χ2n) is 6.91. The molecule has 1 saturated heterocycles. The lowest BCUT2D eigenvalue weighted by molar-refractivity contribution is -0.0437. The summed E-state index contributed by atoms with van der Waals surface area (Å²) in [6, 6.07) is 17.8. The van der Waals surface area contributed by atoms with Gasteiger partial charge < -0.3 is 9.84 Å². The maximum atomic E-state index is 11.7. The lowest BCUT2D eigenvalue weighted by atomic mass is 9.77. The van der Waals surface area contributed by atoms with Crippen LogP contribution >= 0.6 is 11.6 Å². The molecule has 2 atom stereocenters. The van der Waals surface area contributed by atoms with Gasteiger partial charge in [-0.2, -0.15) is 0 Å². The maximum absolute atomic E-state index is 11.7. The minimum atomic E-state index is -0.940. The first-order valence-electron chi connectivity index (χ1n) is 8.90. The molecular weight excluding hydrogens is 334 g/mol. The first-order chi connectivity index (χ1) is 12.1. The number of morpholine rings is 1. The Morgan fingerprint density at radius 2 is 1.72 bits per heavy atom. The summed E-state index contributed by atoms with van der Waals surface area (Å²) in [5, 5.41) is 12.4. The number of halogens is 1. The molecule has 0 bridgehead atoms. The summed E-state index contributed by atoms with van der Waals surface area (Å²) in [4.78, 5) is 2.38. The van der Waals surface area contributed by atoms with Gasteiger partial charge in [0.25, 0.3) is 0 Å². The fourth-order valence-electron chi connectivity index (χ4n) is 3.53. The van der Waals surface area contributed by atoms with E-state index in [-0.39, 0.29) is 5.92 Å². The number of hydrogen-bond donors (Lipinski definition) is 1. The third-order valence-corrected chi connectivity index (χ3v) is 5.36.